The summed E-state index contributed by atoms with van der Waals surface area (Å²) in [6.45, 7) is 10.3. The van der Waals surface area contributed by atoms with Gasteiger partial charge in [0.25, 0.3) is 0 Å². The highest BCUT2D eigenvalue weighted by Gasteiger charge is 2.09. The van der Waals surface area contributed by atoms with Gasteiger partial charge in [0.2, 0.25) is 0 Å². The molecule has 0 bridgehead atoms. The first kappa shape index (κ1) is 12.1. The standard InChI is InChI=1S/C13H21NO/c1-10-5-6-12(15)11(7-10)8-14-9-13(2,3)4/h5-7,14-15H,8-9H2,1-4H3. The van der Waals surface area contributed by atoms with Crippen molar-refractivity contribution in [3.8, 4) is 5.75 Å². The van der Waals surface area contributed by atoms with Crippen LogP contribution >= 0.6 is 0 Å². The molecule has 0 fully saturated rings. The molecule has 1 rings (SSSR count). The minimum absolute atomic E-state index is 0.277. The summed E-state index contributed by atoms with van der Waals surface area (Å²) in [6, 6.07) is 5.69. The van der Waals surface area contributed by atoms with Gasteiger partial charge in [-0.05, 0) is 18.4 Å². The molecule has 2 nitrogen and oxygen atoms in total. The van der Waals surface area contributed by atoms with Crippen LogP contribution in [0.1, 0.15) is 31.9 Å². The van der Waals surface area contributed by atoms with Crippen molar-refractivity contribution in [1.82, 2.24) is 5.32 Å². The lowest BCUT2D eigenvalue weighted by Crippen LogP contribution is -2.26. The zero-order valence-corrected chi connectivity index (χ0v) is 10.1. The first-order valence-electron chi connectivity index (χ1n) is 5.38. The third-order valence-electron chi connectivity index (χ3n) is 2.21. The second kappa shape index (κ2) is 4.67. The quantitative estimate of drug-likeness (QED) is 0.798. The molecular weight excluding hydrogens is 186 g/mol. The van der Waals surface area contributed by atoms with Crippen LogP contribution in [-0.4, -0.2) is 11.7 Å². The molecule has 0 aliphatic heterocycles. The van der Waals surface area contributed by atoms with E-state index < -0.39 is 0 Å². The Morgan fingerprint density at radius 3 is 2.53 bits per heavy atom. The number of nitrogens with one attached hydrogen (secondary N) is 1. The van der Waals surface area contributed by atoms with Crippen molar-refractivity contribution in [1.29, 1.82) is 0 Å². The van der Waals surface area contributed by atoms with Crippen molar-refractivity contribution >= 4 is 0 Å². The van der Waals surface area contributed by atoms with Crippen molar-refractivity contribution in [3.05, 3.63) is 29.3 Å². The summed E-state index contributed by atoms with van der Waals surface area (Å²) >= 11 is 0. The number of rotatable bonds is 3. The third kappa shape index (κ3) is 4.34. The van der Waals surface area contributed by atoms with Gasteiger partial charge in [-0.25, -0.2) is 0 Å². The van der Waals surface area contributed by atoms with E-state index >= 15 is 0 Å². The lowest BCUT2D eigenvalue weighted by Gasteiger charge is -2.19. The molecule has 0 heterocycles. The van der Waals surface area contributed by atoms with Crippen molar-refractivity contribution in [2.45, 2.75) is 34.2 Å². The van der Waals surface area contributed by atoms with E-state index in [4.69, 9.17) is 0 Å². The zero-order chi connectivity index (χ0) is 11.5. The van der Waals surface area contributed by atoms with Crippen LogP contribution in [0.4, 0.5) is 0 Å². The minimum atomic E-state index is 0.277. The Labute approximate surface area is 92.3 Å². The van der Waals surface area contributed by atoms with Gasteiger partial charge in [0.15, 0.2) is 0 Å². The Morgan fingerprint density at radius 2 is 1.93 bits per heavy atom. The van der Waals surface area contributed by atoms with Crippen LogP contribution in [0.3, 0.4) is 0 Å². The summed E-state index contributed by atoms with van der Waals surface area (Å²) in [5, 5.41) is 13.0. The van der Waals surface area contributed by atoms with E-state index in [1.165, 1.54) is 5.56 Å². The van der Waals surface area contributed by atoms with Crippen LogP contribution in [0, 0.1) is 12.3 Å². The maximum absolute atomic E-state index is 9.62. The van der Waals surface area contributed by atoms with Gasteiger partial charge in [0.1, 0.15) is 5.75 Å². The molecule has 2 N–H and O–H groups in total. The first-order chi connectivity index (χ1) is 6.88. The highest BCUT2D eigenvalue weighted by molar-refractivity contribution is 5.35. The number of hydrogen-bond donors (Lipinski definition) is 2. The summed E-state index contributed by atoms with van der Waals surface area (Å²) in [6.07, 6.45) is 0. The number of phenols is 1. The average molecular weight is 207 g/mol. The van der Waals surface area contributed by atoms with Gasteiger partial charge in [-0.3, -0.25) is 0 Å². The molecule has 0 aliphatic carbocycles. The van der Waals surface area contributed by atoms with Gasteiger partial charge in [-0.15, -0.1) is 0 Å². The SMILES string of the molecule is Cc1ccc(O)c(CNCC(C)(C)C)c1. The molecule has 1 aromatic carbocycles. The van der Waals surface area contributed by atoms with E-state index in [1.807, 2.05) is 19.1 Å². The third-order valence-corrected chi connectivity index (χ3v) is 2.21. The number of benzene rings is 1. The second-order valence-corrected chi connectivity index (χ2v) is 5.30. The summed E-state index contributed by atoms with van der Waals surface area (Å²) in [5.74, 6) is 0.377. The monoisotopic (exact) mass is 207 g/mol. The first-order valence-corrected chi connectivity index (χ1v) is 5.38. The maximum Gasteiger partial charge on any atom is 0.120 e. The Bertz CT molecular complexity index is 326. The predicted octanol–water partition coefficient (Wildman–Crippen LogP) is 2.84. The maximum atomic E-state index is 9.62. The summed E-state index contributed by atoms with van der Waals surface area (Å²) in [5.41, 5.74) is 2.43. The van der Waals surface area contributed by atoms with E-state index in [1.54, 1.807) is 6.07 Å². The molecule has 0 radical (unpaired) electrons. The molecule has 84 valence electrons. The fraction of sp³-hybridized carbons (Fsp3) is 0.538. The van der Waals surface area contributed by atoms with Gasteiger partial charge < -0.3 is 10.4 Å². The molecule has 1 aromatic rings. The smallest absolute Gasteiger partial charge is 0.120 e. The summed E-state index contributed by atoms with van der Waals surface area (Å²) < 4.78 is 0. The predicted molar refractivity (Wildman–Crippen MR) is 64.0 cm³/mol. The number of hydrogen-bond acceptors (Lipinski definition) is 2. The normalized spacial score (nSPS) is 11.7. The Balaban J connectivity index is 2.54. The molecule has 15 heavy (non-hydrogen) atoms. The Hall–Kier alpha value is -1.02. The molecular formula is C13H21NO. The van der Waals surface area contributed by atoms with Gasteiger partial charge in [-0.1, -0.05) is 38.5 Å². The molecule has 2 heteroatoms. The van der Waals surface area contributed by atoms with Gasteiger partial charge in [0.05, 0.1) is 0 Å². The van der Waals surface area contributed by atoms with Gasteiger partial charge in [-0.2, -0.15) is 0 Å². The van der Waals surface area contributed by atoms with Crippen LogP contribution < -0.4 is 5.32 Å². The molecule has 0 aliphatic rings. The second-order valence-electron chi connectivity index (χ2n) is 5.30. The molecule has 0 spiro atoms. The molecule has 0 aromatic heterocycles. The van der Waals surface area contributed by atoms with Crippen molar-refractivity contribution in [2.24, 2.45) is 5.41 Å². The summed E-state index contributed by atoms with van der Waals surface area (Å²) in [7, 11) is 0. The molecule has 0 unspecified atom stereocenters. The van der Waals surface area contributed by atoms with Crippen LogP contribution in [0.5, 0.6) is 5.75 Å². The van der Waals surface area contributed by atoms with Crippen molar-refractivity contribution in [3.63, 3.8) is 0 Å². The topological polar surface area (TPSA) is 32.3 Å². The fourth-order valence-electron chi connectivity index (χ4n) is 1.43. The Morgan fingerprint density at radius 1 is 1.27 bits per heavy atom. The highest BCUT2D eigenvalue weighted by Crippen LogP contribution is 2.18. The van der Waals surface area contributed by atoms with E-state index in [2.05, 4.69) is 26.1 Å². The van der Waals surface area contributed by atoms with E-state index in [-0.39, 0.29) is 5.41 Å². The average Bonchev–Trinajstić information content (AvgIpc) is 2.09. The van der Waals surface area contributed by atoms with Gasteiger partial charge >= 0.3 is 0 Å². The fourth-order valence-corrected chi connectivity index (χ4v) is 1.43. The van der Waals surface area contributed by atoms with E-state index in [0.29, 0.717) is 5.75 Å². The van der Waals surface area contributed by atoms with E-state index in [9.17, 15) is 5.11 Å². The number of aryl methyl sites for hydroxylation is 1. The van der Waals surface area contributed by atoms with Crippen LogP contribution in [0.25, 0.3) is 0 Å². The Kier molecular flexibility index (Phi) is 3.75. The number of phenolic OH excluding ortho intramolecular Hbond substituents is 1. The molecule has 0 atom stereocenters. The van der Waals surface area contributed by atoms with E-state index in [0.717, 1.165) is 18.7 Å². The van der Waals surface area contributed by atoms with Crippen molar-refractivity contribution < 1.29 is 5.11 Å². The van der Waals surface area contributed by atoms with Crippen molar-refractivity contribution in [2.75, 3.05) is 6.54 Å². The lowest BCUT2D eigenvalue weighted by molar-refractivity contribution is 0.376. The zero-order valence-electron chi connectivity index (χ0n) is 10.1. The largest absolute Gasteiger partial charge is 0.508 e. The molecule has 0 saturated carbocycles. The highest BCUT2D eigenvalue weighted by atomic mass is 16.3. The van der Waals surface area contributed by atoms with Crippen LogP contribution in [0.15, 0.2) is 18.2 Å². The lowest BCUT2D eigenvalue weighted by atomic mass is 9.97. The minimum Gasteiger partial charge on any atom is -0.508 e. The number of aromatic hydroxyl groups is 1. The van der Waals surface area contributed by atoms with Crippen LogP contribution in [-0.2, 0) is 6.54 Å². The molecule has 0 amide bonds. The molecule has 0 saturated heterocycles. The van der Waals surface area contributed by atoms with Crippen LogP contribution in [0.2, 0.25) is 0 Å². The van der Waals surface area contributed by atoms with Gasteiger partial charge in [0, 0.05) is 18.7 Å². The summed E-state index contributed by atoms with van der Waals surface area (Å²) in [4.78, 5) is 0.